The van der Waals surface area contributed by atoms with Gasteiger partial charge in [-0.05, 0) is 29.8 Å². The van der Waals surface area contributed by atoms with Crippen LogP contribution in [-0.4, -0.2) is 45.4 Å². The molecule has 2 aromatic rings. The predicted octanol–water partition coefficient (Wildman–Crippen LogP) is 2.51. The molecule has 1 heterocycles. The lowest BCUT2D eigenvalue weighted by Crippen LogP contribution is -2.48. The van der Waals surface area contributed by atoms with E-state index in [-0.39, 0.29) is 25.5 Å². The second-order valence-corrected chi connectivity index (χ2v) is 7.85. The van der Waals surface area contributed by atoms with Crippen LogP contribution in [0.4, 0.5) is 8.78 Å². The molecule has 1 aliphatic heterocycles. The van der Waals surface area contributed by atoms with Crippen molar-refractivity contribution in [3.8, 4) is 0 Å². The number of nitrogens with zero attached hydrogens (tertiary/aromatic N) is 1. The Kier molecular flexibility index (Phi) is 7.11. The number of hydrogen-bond donors (Lipinski definition) is 1. The molecule has 152 valence electrons. The normalized spacial score (nSPS) is 17.6. The number of benzene rings is 2. The van der Waals surface area contributed by atoms with Crippen molar-refractivity contribution in [3.63, 3.8) is 0 Å². The quantitative estimate of drug-likeness (QED) is 0.751. The number of methoxy groups -OCH3 is 1. The summed E-state index contributed by atoms with van der Waals surface area (Å²) in [6.07, 6.45) is 0. The van der Waals surface area contributed by atoms with Gasteiger partial charge in [0.05, 0.1) is 18.0 Å². The molecule has 3 rings (SSSR count). The van der Waals surface area contributed by atoms with E-state index >= 15 is 0 Å². The topological polar surface area (TPSA) is 75.7 Å². The second-order valence-electron chi connectivity index (χ2n) is 6.00. The van der Waals surface area contributed by atoms with Crippen molar-refractivity contribution >= 4 is 28.4 Å². The minimum absolute atomic E-state index is 0. The first-order valence-corrected chi connectivity index (χ1v) is 9.65. The van der Waals surface area contributed by atoms with Crippen molar-refractivity contribution < 1.29 is 26.7 Å². The monoisotopic (exact) mass is 432 g/mol. The lowest BCUT2D eigenvalue weighted by Gasteiger charge is -2.35. The summed E-state index contributed by atoms with van der Waals surface area (Å²) in [6, 6.07) is 8.31. The maximum Gasteiger partial charge on any atom is 0.342 e. The molecule has 0 radical (unpaired) electrons. The number of ether oxygens (including phenoxy) is 1. The van der Waals surface area contributed by atoms with Gasteiger partial charge in [0.1, 0.15) is 17.2 Å². The zero-order valence-electron chi connectivity index (χ0n) is 14.9. The molecule has 6 nitrogen and oxygen atoms in total. The number of esters is 1. The Balaban J connectivity index is 0.00000280. The maximum absolute atomic E-state index is 14.2. The number of halogens is 3. The van der Waals surface area contributed by atoms with Crippen LogP contribution in [0, 0.1) is 11.6 Å². The van der Waals surface area contributed by atoms with E-state index in [0.29, 0.717) is 12.1 Å². The van der Waals surface area contributed by atoms with Crippen LogP contribution in [0.3, 0.4) is 0 Å². The first-order chi connectivity index (χ1) is 12.9. The fourth-order valence-electron chi connectivity index (χ4n) is 3.12. The second kappa shape index (κ2) is 8.95. The smallest absolute Gasteiger partial charge is 0.342 e. The van der Waals surface area contributed by atoms with Gasteiger partial charge in [-0.1, -0.05) is 18.2 Å². The van der Waals surface area contributed by atoms with Crippen LogP contribution in [-0.2, 0) is 14.8 Å². The van der Waals surface area contributed by atoms with Crippen LogP contribution in [0.25, 0.3) is 0 Å². The van der Waals surface area contributed by atoms with Crippen molar-refractivity contribution in [1.82, 2.24) is 9.62 Å². The van der Waals surface area contributed by atoms with Gasteiger partial charge in [-0.25, -0.2) is 22.0 Å². The molecule has 0 saturated carbocycles. The van der Waals surface area contributed by atoms with Crippen molar-refractivity contribution in [2.24, 2.45) is 0 Å². The molecule has 28 heavy (non-hydrogen) atoms. The minimum Gasteiger partial charge on any atom is -0.465 e. The molecule has 0 amide bonds. The number of nitrogens with one attached hydrogen (secondary N) is 1. The average molecular weight is 433 g/mol. The largest absolute Gasteiger partial charge is 0.465 e. The van der Waals surface area contributed by atoms with Crippen molar-refractivity contribution in [2.75, 3.05) is 26.7 Å². The zero-order valence-corrected chi connectivity index (χ0v) is 16.5. The van der Waals surface area contributed by atoms with E-state index in [4.69, 9.17) is 0 Å². The number of rotatable bonds is 4. The van der Waals surface area contributed by atoms with E-state index in [0.717, 1.165) is 23.5 Å². The van der Waals surface area contributed by atoms with E-state index in [1.54, 1.807) is 6.07 Å². The number of sulfonamides is 1. The summed E-state index contributed by atoms with van der Waals surface area (Å²) >= 11 is 0. The highest BCUT2D eigenvalue weighted by atomic mass is 35.5. The third-order valence-corrected chi connectivity index (χ3v) is 6.33. The molecule has 0 bridgehead atoms. The maximum atomic E-state index is 14.2. The van der Waals surface area contributed by atoms with Crippen LogP contribution in [0.1, 0.15) is 22.0 Å². The Labute approximate surface area is 168 Å². The Morgan fingerprint density at radius 2 is 1.93 bits per heavy atom. The molecule has 1 atom stereocenters. The number of carbonyl (C=O) groups excluding carboxylic acids is 1. The fraction of sp³-hybridized carbons (Fsp3) is 0.278. The van der Waals surface area contributed by atoms with Gasteiger partial charge in [0.2, 0.25) is 10.0 Å². The molecular weight excluding hydrogens is 414 g/mol. The van der Waals surface area contributed by atoms with Crippen LogP contribution in [0.15, 0.2) is 47.4 Å². The van der Waals surface area contributed by atoms with Gasteiger partial charge in [-0.3, -0.25) is 0 Å². The van der Waals surface area contributed by atoms with E-state index < -0.39 is 44.1 Å². The summed E-state index contributed by atoms with van der Waals surface area (Å²) in [5.74, 6) is -2.55. The Morgan fingerprint density at radius 1 is 1.21 bits per heavy atom. The molecule has 1 unspecified atom stereocenters. The molecule has 0 aromatic heterocycles. The molecule has 0 aliphatic carbocycles. The van der Waals surface area contributed by atoms with E-state index in [2.05, 4.69) is 10.1 Å². The standard InChI is InChI=1S/C18H18F2N2O4S.ClH/c1-26-18(23)17-14(20)6-3-7-16(17)27(24,25)22-9-8-21-11-15(22)12-4-2-5-13(19)10-12;/h2-7,10,15,21H,8-9,11H2,1H3;1H. The zero-order chi connectivity index (χ0) is 19.6. The van der Waals surface area contributed by atoms with Crippen molar-refractivity contribution in [3.05, 3.63) is 65.2 Å². The lowest BCUT2D eigenvalue weighted by molar-refractivity contribution is 0.0590. The van der Waals surface area contributed by atoms with Gasteiger partial charge in [-0.15, -0.1) is 12.4 Å². The summed E-state index contributed by atoms with van der Waals surface area (Å²) in [4.78, 5) is 11.5. The van der Waals surface area contributed by atoms with Crippen LogP contribution < -0.4 is 5.32 Å². The third kappa shape index (κ3) is 4.17. The Morgan fingerprint density at radius 3 is 2.61 bits per heavy atom. The highest BCUT2D eigenvalue weighted by Crippen LogP contribution is 2.31. The molecule has 0 spiro atoms. The van der Waals surface area contributed by atoms with Gasteiger partial charge in [0, 0.05) is 19.6 Å². The van der Waals surface area contributed by atoms with Crippen LogP contribution in [0.2, 0.25) is 0 Å². The molecule has 10 heteroatoms. The molecular formula is C18H19ClF2N2O4S. The van der Waals surface area contributed by atoms with E-state index in [1.807, 2.05) is 0 Å². The first-order valence-electron chi connectivity index (χ1n) is 8.21. The summed E-state index contributed by atoms with van der Waals surface area (Å²) in [6.45, 7) is 0.708. The van der Waals surface area contributed by atoms with Gasteiger partial charge >= 0.3 is 5.97 Å². The molecule has 1 saturated heterocycles. The molecule has 1 N–H and O–H groups in total. The predicted molar refractivity (Wildman–Crippen MR) is 101 cm³/mol. The van der Waals surface area contributed by atoms with Gasteiger partial charge in [-0.2, -0.15) is 4.31 Å². The van der Waals surface area contributed by atoms with Crippen molar-refractivity contribution in [1.29, 1.82) is 0 Å². The van der Waals surface area contributed by atoms with E-state index in [1.165, 1.54) is 24.3 Å². The minimum atomic E-state index is -4.25. The van der Waals surface area contributed by atoms with Crippen molar-refractivity contribution in [2.45, 2.75) is 10.9 Å². The number of carbonyl (C=O) groups is 1. The lowest BCUT2D eigenvalue weighted by atomic mass is 10.1. The summed E-state index contributed by atoms with van der Waals surface area (Å²) in [7, 11) is -3.20. The number of hydrogen-bond acceptors (Lipinski definition) is 5. The summed E-state index contributed by atoms with van der Waals surface area (Å²) in [5.41, 5.74) is -0.182. The molecule has 1 fully saturated rings. The average Bonchev–Trinajstić information content (AvgIpc) is 2.67. The fourth-order valence-corrected chi connectivity index (χ4v) is 4.92. The molecule has 2 aromatic carbocycles. The van der Waals surface area contributed by atoms with Gasteiger partial charge in [0.15, 0.2) is 0 Å². The SMILES string of the molecule is COC(=O)c1c(F)cccc1S(=O)(=O)N1CCNCC1c1cccc(F)c1.Cl. The van der Waals surface area contributed by atoms with Gasteiger partial charge < -0.3 is 10.1 Å². The van der Waals surface area contributed by atoms with E-state index in [9.17, 15) is 22.0 Å². The Bertz CT molecular complexity index is 972. The number of piperazine rings is 1. The summed E-state index contributed by atoms with van der Waals surface area (Å²) in [5, 5.41) is 3.07. The molecule has 1 aliphatic rings. The highest BCUT2D eigenvalue weighted by Gasteiger charge is 2.37. The highest BCUT2D eigenvalue weighted by molar-refractivity contribution is 7.89. The summed E-state index contributed by atoms with van der Waals surface area (Å²) < 4.78 is 60.1. The van der Waals surface area contributed by atoms with Crippen LogP contribution >= 0.6 is 12.4 Å². The van der Waals surface area contributed by atoms with Crippen LogP contribution in [0.5, 0.6) is 0 Å². The third-order valence-electron chi connectivity index (χ3n) is 4.38. The first kappa shape index (κ1) is 22.2. The Hall–Kier alpha value is -2.07. The van der Waals surface area contributed by atoms with Gasteiger partial charge in [0.25, 0.3) is 0 Å².